The second-order valence-corrected chi connectivity index (χ2v) is 8.30. The van der Waals surface area contributed by atoms with Gasteiger partial charge in [-0.3, -0.25) is 9.78 Å². The molecule has 3 N–H and O–H groups in total. The molecule has 0 spiro atoms. The smallest absolute Gasteiger partial charge is 0.252 e. The summed E-state index contributed by atoms with van der Waals surface area (Å²) in [5.41, 5.74) is 7.38. The molecule has 0 bridgehead atoms. The molecule has 152 valence electrons. The minimum Gasteiger partial charge on any atom is -0.496 e. The third kappa shape index (κ3) is 3.39. The molecule has 0 radical (unpaired) electrons. The molecule has 5 rings (SSSR count). The van der Waals surface area contributed by atoms with Crippen LogP contribution in [0.4, 0.5) is 5.13 Å². The van der Waals surface area contributed by atoms with Gasteiger partial charge in [0.2, 0.25) is 0 Å². The molecule has 0 aliphatic heterocycles. The maximum absolute atomic E-state index is 11.8. The first-order chi connectivity index (χ1) is 14.6. The van der Waals surface area contributed by atoms with Crippen LogP contribution in [0.25, 0.3) is 21.1 Å². The molecule has 30 heavy (non-hydrogen) atoms. The zero-order valence-electron chi connectivity index (χ0n) is 16.3. The van der Waals surface area contributed by atoms with Gasteiger partial charge in [-0.2, -0.15) is 0 Å². The van der Waals surface area contributed by atoms with Gasteiger partial charge in [0.25, 0.3) is 5.91 Å². The predicted octanol–water partition coefficient (Wildman–Crippen LogP) is 4.71. The lowest BCUT2D eigenvalue weighted by Gasteiger charge is -2.25. The molecule has 0 saturated heterocycles. The minimum absolute atomic E-state index is 0.285. The Bertz CT molecular complexity index is 1270. The second kappa shape index (κ2) is 7.46. The summed E-state index contributed by atoms with van der Waals surface area (Å²) in [5.74, 6) is 1.09. The van der Waals surface area contributed by atoms with E-state index in [0.717, 1.165) is 15.3 Å². The molecule has 0 unspecified atom stereocenters. The first kappa shape index (κ1) is 18.6. The Balaban J connectivity index is 1.49. The van der Waals surface area contributed by atoms with Crippen LogP contribution in [0.2, 0.25) is 0 Å². The van der Waals surface area contributed by atoms with E-state index in [-0.39, 0.29) is 5.56 Å². The van der Waals surface area contributed by atoms with Crippen LogP contribution in [-0.2, 0) is 0 Å². The normalized spacial score (nSPS) is 13.9. The number of carbonyl (C=O) groups is 1. The first-order valence-corrected chi connectivity index (χ1v) is 10.5. The summed E-state index contributed by atoms with van der Waals surface area (Å²) >= 11 is 1.62. The molecule has 8 heteroatoms. The Labute approximate surface area is 176 Å². The molecule has 2 heterocycles. The van der Waals surface area contributed by atoms with Crippen LogP contribution in [0.5, 0.6) is 17.2 Å². The lowest BCUT2D eigenvalue weighted by molar-refractivity contribution is 0.0997. The largest absolute Gasteiger partial charge is 0.496 e. The first-order valence-electron chi connectivity index (χ1n) is 9.72. The van der Waals surface area contributed by atoms with E-state index in [1.54, 1.807) is 35.7 Å². The fourth-order valence-electron chi connectivity index (χ4n) is 3.48. The fraction of sp³-hybridized carbons (Fsp3) is 0.227. The standard InChI is InChI=1S/C22H20N4O3S/c1-28-19-11-17-14(10-15(19)21(23)27)18(7-8-24-17)29-13-5-6-16-20(9-13)30-22(26-16)25-12-3-2-4-12/h5-12H,2-4H2,1H3,(H2,23,27)(H,25,26). The number of fused-ring (bicyclic) bond motifs is 2. The number of amides is 1. The quantitative estimate of drug-likeness (QED) is 0.469. The van der Waals surface area contributed by atoms with Crippen molar-refractivity contribution in [3.63, 3.8) is 0 Å². The van der Waals surface area contributed by atoms with Crippen LogP contribution in [-0.4, -0.2) is 29.0 Å². The highest BCUT2D eigenvalue weighted by molar-refractivity contribution is 7.22. The maximum atomic E-state index is 11.8. The summed E-state index contributed by atoms with van der Waals surface area (Å²) in [7, 11) is 1.49. The Hall–Kier alpha value is -3.39. The van der Waals surface area contributed by atoms with Crippen LogP contribution >= 0.6 is 11.3 Å². The summed E-state index contributed by atoms with van der Waals surface area (Å²) in [5, 5.41) is 5.12. The number of rotatable bonds is 6. The average molecular weight is 420 g/mol. The summed E-state index contributed by atoms with van der Waals surface area (Å²) in [6.45, 7) is 0. The van der Waals surface area contributed by atoms with Crippen molar-refractivity contribution in [2.45, 2.75) is 25.3 Å². The lowest BCUT2D eigenvalue weighted by Crippen LogP contribution is -2.26. The molecule has 1 amide bonds. The van der Waals surface area contributed by atoms with Gasteiger partial charge >= 0.3 is 0 Å². The minimum atomic E-state index is -0.568. The highest BCUT2D eigenvalue weighted by atomic mass is 32.1. The van der Waals surface area contributed by atoms with E-state index < -0.39 is 5.91 Å². The Morgan fingerprint density at radius 2 is 2.03 bits per heavy atom. The molecule has 2 aromatic carbocycles. The van der Waals surface area contributed by atoms with E-state index in [1.165, 1.54) is 26.4 Å². The number of primary amides is 1. The Kier molecular flexibility index (Phi) is 4.63. The molecular weight excluding hydrogens is 400 g/mol. The van der Waals surface area contributed by atoms with Gasteiger partial charge in [0.15, 0.2) is 5.13 Å². The lowest BCUT2D eigenvalue weighted by atomic mass is 9.93. The molecule has 4 aromatic rings. The maximum Gasteiger partial charge on any atom is 0.252 e. The Morgan fingerprint density at radius 3 is 2.77 bits per heavy atom. The van der Waals surface area contributed by atoms with Crippen molar-refractivity contribution in [1.82, 2.24) is 9.97 Å². The fourth-order valence-corrected chi connectivity index (χ4v) is 4.45. The molecule has 1 aliphatic carbocycles. The van der Waals surface area contributed by atoms with Gasteiger partial charge in [-0.25, -0.2) is 4.98 Å². The van der Waals surface area contributed by atoms with Crippen molar-refractivity contribution in [2.24, 2.45) is 5.73 Å². The number of carbonyl (C=O) groups excluding carboxylic acids is 1. The van der Waals surface area contributed by atoms with Crippen LogP contribution < -0.4 is 20.5 Å². The molecular formula is C22H20N4O3S. The molecule has 0 atom stereocenters. The summed E-state index contributed by atoms with van der Waals surface area (Å²) < 4.78 is 12.5. The van der Waals surface area contributed by atoms with E-state index in [0.29, 0.717) is 34.2 Å². The monoisotopic (exact) mass is 420 g/mol. The number of pyridine rings is 1. The summed E-state index contributed by atoms with van der Waals surface area (Å²) in [4.78, 5) is 20.8. The number of hydrogen-bond donors (Lipinski definition) is 2. The van der Waals surface area contributed by atoms with Crippen molar-refractivity contribution < 1.29 is 14.3 Å². The molecule has 1 saturated carbocycles. The van der Waals surface area contributed by atoms with Crippen LogP contribution in [0.15, 0.2) is 42.6 Å². The zero-order valence-corrected chi connectivity index (χ0v) is 17.2. The number of thiazole rings is 1. The van der Waals surface area contributed by atoms with Gasteiger partial charge in [-0.1, -0.05) is 11.3 Å². The number of ether oxygens (including phenoxy) is 2. The van der Waals surface area contributed by atoms with Crippen molar-refractivity contribution in [3.8, 4) is 17.2 Å². The zero-order chi connectivity index (χ0) is 20.7. The Morgan fingerprint density at radius 1 is 1.17 bits per heavy atom. The van der Waals surface area contributed by atoms with Gasteiger partial charge in [-0.05, 0) is 43.5 Å². The van der Waals surface area contributed by atoms with Gasteiger partial charge < -0.3 is 20.5 Å². The van der Waals surface area contributed by atoms with Gasteiger partial charge in [0, 0.05) is 29.8 Å². The van der Waals surface area contributed by atoms with Crippen LogP contribution in [0.3, 0.4) is 0 Å². The van der Waals surface area contributed by atoms with E-state index in [4.69, 9.17) is 15.2 Å². The van der Waals surface area contributed by atoms with Gasteiger partial charge in [0.1, 0.15) is 17.2 Å². The third-order valence-corrected chi connectivity index (χ3v) is 6.26. The van der Waals surface area contributed by atoms with Crippen molar-refractivity contribution in [2.75, 3.05) is 12.4 Å². The van der Waals surface area contributed by atoms with E-state index in [2.05, 4.69) is 15.3 Å². The summed E-state index contributed by atoms with van der Waals surface area (Å²) in [6.07, 6.45) is 5.35. The molecule has 1 fully saturated rings. The average Bonchev–Trinajstić information content (AvgIpc) is 3.12. The van der Waals surface area contributed by atoms with E-state index in [1.807, 2.05) is 18.2 Å². The number of nitrogens with two attached hydrogens (primary N) is 1. The molecule has 7 nitrogen and oxygen atoms in total. The number of anilines is 1. The number of aromatic nitrogens is 2. The number of benzene rings is 2. The van der Waals surface area contributed by atoms with E-state index in [9.17, 15) is 4.79 Å². The highest BCUT2D eigenvalue weighted by Crippen LogP contribution is 2.36. The number of nitrogens with zero attached hydrogens (tertiary/aromatic N) is 2. The third-order valence-electron chi connectivity index (χ3n) is 5.31. The highest BCUT2D eigenvalue weighted by Gasteiger charge is 2.19. The number of nitrogens with one attached hydrogen (secondary N) is 1. The summed E-state index contributed by atoms with van der Waals surface area (Å²) in [6, 6.07) is 11.5. The topological polar surface area (TPSA) is 99.4 Å². The van der Waals surface area contributed by atoms with Crippen molar-refractivity contribution in [3.05, 3.63) is 48.2 Å². The van der Waals surface area contributed by atoms with Gasteiger partial charge in [0.05, 0.1) is 28.4 Å². The number of methoxy groups -OCH3 is 1. The van der Waals surface area contributed by atoms with Crippen molar-refractivity contribution >= 4 is 43.5 Å². The van der Waals surface area contributed by atoms with E-state index >= 15 is 0 Å². The molecule has 2 aromatic heterocycles. The second-order valence-electron chi connectivity index (χ2n) is 7.27. The van der Waals surface area contributed by atoms with Gasteiger partial charge in [-0.15, -0.1) is 0 Å². The SMILES string of the molecule is COc1cc2nccc(Oc3ccc4nc(NC5CCC5)sc4c3)c2cc1C(N)=O. The van der Waals surface area contributed by atoms with Crippen LogP contribution in [0, 0.1) is 0 Å². The van der Waals surface area contributed by atoms with Crippen molar-refractivity contribution in [1.29, 1.82) is 0 Å². The predicted molar refractivity (Wildman–Crippen MR) is 118 cm³/mol. The molecule has 1 aliphatic rings. The van der Waals surface area contributed by atoms with Crippen LogP contribution in [0.1, 0.15) is 29.6 Å². The number of hydrogen-bond acceptors (Lipinski definition) is 7.